The van der Waals surface area contributed by atoms with Crippen molar-refractivity contribution in [2.45, 2.75) is 33.8 Å². The molecule has 0 aromatic carbocycles. The molecule has 27 heavy (non-hydrogen) atoms. The molecule has 2 aromatic heterocycles. The first-order valence-corrected chi connectivity index (χ1v) is 8.55. The van der Waals surface area contributed by atoms with E-state index in [1.54, 1.807) is 33.8 Å². The van der Waals surface area contributed by atoms with Crippen molar-refractivity contribution in [3.8, 4) is 0 Å². The number of H-pyrrole nitrogens is 1. The second kappa shape index (κ2) is 8.68. The number of carbonyl (C=O) groups excluding carboxylic acids is 3. The molecular weight excluding hydrogens is 374 g/mol. The van der Waals surface area contributed by atoms with E-state index in [0.717, 1.165) is 0 Å². The molecule has 0 aliphatic rings. The highest BCUT2D eigenvalue weighted by Crippen LogP contribution is 2.20. The molecule has 0 radical (unpaired) electrons. The van der Waals surface area contributed by atoms with Crippen LogP contribution in [0, 0.1) is 13.8 Å². The maximum absolute atomic E-state index is 12.3. The van der Waals surface area contributed by atoms with Gasteiger partial charge in [0, 0.05) is 11.9 Å². The zero-order chi connectivity index (χ0) is 20.1. The number of pyridine rings is 1. The third-order valence-corrected chi connectivity index (χ3v) is 3.74. The molecule has 9 heteroatoms. The van der Waals surface area contributed by atoms with Crippen LogP contribution < -0.4 is 5.32 Å². The first kappa shape index (κ1) is 20.4. The summed E-state index contributed by atoms with van der Waals surface area (Å²) in [7, 11) is 0. The van der Waals surface area contributed by atoms with E-state index in [1.165, 1.54) is 12.3 Å². The van der Waals surface area contributed by atoms with Gasteiger partial charge in [0.2, 0.25) is 0 Å². The Hall–Kier alpha value is -2.87. The van der Waals surface area contributed by atoms with E-state index in [1.807, 2.05) is 0 Å². The van der Waals surface area contributed by atoms with E-state index in [4.69, 9.17) is 21.1 Å². The van der Waals surface area contributed by atoms with Gasteiger partial charge >= 0.3 is 11.9 Å². The fraction of sp³-hybridized carbons (Fsp3) is 0.333. The van der Waals surface area contributed by atoms with E-state index in [2.05, 4.69) is 15.3 Å². The van der Waals surface area contributed by atoms with Gasteiger partial charge in [0.05, 0.1) is 16.7 Å². The molecule has 2 aromatic rings. The van der Waals surface area contributed by atoms with Crippen molar-refractivity contribution in [1.82, 2.24) is 9.97 Å². The van der Waals surface area contributed by atoms with Crippen molar-refractivity contribution in [3.05, 3.63) is 45.9 Å². The molecule has 0 unspecified atom stereocenters. The predicted octanol–water partition coefficient (Wildman–Crippen LogP) is 3.04. The number of ether oxygens (including phenoxy) is 2. The summed E-state index contributed by atoms with van der Waals surface area (Å²) in [5, 5.41) is 2.91. The fourth-order valence-corrected chi connectivity index (χ4v) is 2.48. The minimum Gasteiger partial charge on any atom is -0.459 e. The second-order valence-electron chi connectivity index (χ2n) is 6.07. The van der Waals surface area contributed by atoms with Crippen LogP contribution in [-0.4, -0.2) is 40.5 Å². The Bertz CT molecular complexity index is 859. The molecule has 0 atom stereocenters. The number of nitrogens with zero attached hydrogens (tertiary/aromatic N) is 1. The van der Waals surface area contributed by atoms with Crippen molar-refractivity contribution in [2.24, 2.45) is 0 Å². The highest BCUT2D eigenvalue weighted by atomic mass is 35.5. The van der Waals surface area contributed by atoms with Crippen molar-refractivity contribution in [3.63, 3.8) is 0 Å². The number of nitrogens with one attached hydrogen (secondary N) is 2. The highest BCUT2D eigenvalue weighted by molar-refractivity contribution is 6.30. The topological polar surface area (TPSA) is 110 Å². The number of hydrogen-bond donors (Lipinski definition) is 2. The van der Waals surface area contributed by atoms with E-state index >= 15 is 0 Å². The standard InChI is InChI=1S/C18H20ClN3O5/c1-9(2)27-17(24)15-10(3)16(21-11(15)4)18(25)26-8-14(23)22-13-6-5-12(19)7-20-13/h5-7,9,21H,8H2,1-4H3,(H,20,22,23). The number of aromatic amines is 1. The van der Waals surface area contributed by atoms with Crippen LogP contribution in [0.5, 0.6) is 0 Å². The lowest BCUT2D eigenvalue weighted by molar-refractivity contribution is -0.119. The lowest BCUT2D eigenvalue weighted by Crippen LogP contribution is -2.22. The maximum atomic E-state index is 12.3. The van der Waals surface area contributed by atoms with Crippen molar-refractivity contribution < 1.29 is 23.9 Å². The Labute approximate surface area is 161 Å². The number of hydrogen-bond acceptors (Lipinski definition) is 6. The third kappa shape index (κ3) is 5.30. The first-order valence-electron chi connectivity index (χ1n) is 8.17. The smallest absolute Gasteiger partial charge is 0.355 e. The second-order valence-corrected chi connectivity index (χ2v) is 6.50. The molecule has 0 bridgehead atoms. The number of carbonyl (C=O) groups is 3. The molecule has 0 aliphatic carbocycles. The molecule has 2 rings (SSSR count). The van der Waals surface area contributed by atoms with Gasteiger partial charge in [-0.05, 0) is 45.4 Å². The van der Waals surface area contributed by atoms with Gasteiger partial charge in [0.1, 0.15) is 11.5 Å². The zero-order valence-electron chi connectivity index (χ0n) is 15.4. The summed E-state index contributed by atoms with van der Waals surface area (Å²) in [5.41, 5.74) is 1.27. The molecule has 0 saturated heterocycles. The molecule has 0 fully saturated rings. The minimum absolute atomic E-state index is 0.0978. The number of aryl methyl sites for hydroxylation is 1. The quantitative estimate of drug-likeness (QED) is 0.730. The first-order chi connectivity index (χ1) is 12.7. The summed E-state index contributed by atoms with van der Waals surface area (Å²) >= 11 is 5.72. The zero-order valence-corrected chi connectivity index (χ0v) is 16.1. The average molecular weight is 394 g/mol. The van der Waals surface area contributed by atoms with Crippen molar-refractivity contribution >= 4 is 35.3 Å². The Kier molecular flexibility index (Phi) is 6.57. The summed E-state index contributed by atoms with van der Waals surface area (Å²) in [6.07, 6.45) is 1.10. The van der Waals surface area contributed by atoms with Crippen LogP contribution in [-0.2, 0) is 14.3 Å². The number of aromatic nitrogens is 2. The summed E-state index contributed by atoms with van der Waals surface area (Å²) in [5.74, 6) is -1.55. The molecule has 2 N–H and O–H groups in total. The summed E-state index contributed by atoms with van der Waals surface area (Å²) < 4.78 is 10.2. The normalized spacial score (nSPS) is 10.6. The molecule has 2 heterocycles. The van der Waals surface area contributed by atoms with Gasteiger partial charge in [-0.3, -0.25) is 4.79 Å². The molecule has 8 nitrogen and oxygen atoms in total. The van der Waals surface area contributed by atoms with Gasteiger partial charge in [-0.2, -0.15) is 0 Å². The number of esters is 2. The van der Waals surface area contributed by atoms with Gasteiger partial charge in [0.15, 0.2) is 6.61 Å². The number of halogens is 1. The van der Waals surface area contributed by atoms with E-state index in [9.17, 15) is 14.4 Å². The summed E-state index contributed by atoms with van der Waals surface area (Å²) in [6, 6.07) is 3.09. The monoisotopic (exact) mass is 393 g/mol. The minimum atomic E-state index is -0.751. The Morgan fingerprint density at radius 1 is 1.22 bits per heavy atom. The van der Waals surface area contributed by atoms with Crippen LogP contribution in [0.1, 0.15) is 46.0 Å². The van der Waals surface area contributed by atoms with Gasteiger partial charge in [-0.25, -0.2) is 14.6 Å². The number of rotatable bonds is 6. The van der Waals surface area contributed by atoms with Gasteiger partial charge in [0.25, 0.3) is 5.91 Å². The Balaban J connectivity index is 2.00. The largest absolute Gasteiger partial charge is 0.459 e. The predicted molar refractivity (Wildman–Crippen MR) is 99.0 cm³/mol. The van der Waals surface area contributed by atoms with E-state index in [0.29, 0.717) is 16.3 Å². The van der Waals surface area contributed by atoms with E-state index < -0.39 is 24.5 Å². The summed E-state index contributed by atoms with van der Waals surface area (Å²) in [6.45, 7) is 6.22. The number of anilines is 1. The SMILES string of the molecule is Cc1[nH]c(C(=O)OCC(=O)Nc2ccc(Cl)cn2)c(C)c1C(=O)OC(C)C. The van der Waals surface area contributed by atoms with Crippen LogP contribution in [0.25, 0.3) is 0 Å². The average Bonchev–Trinajstić information content (AvgIpc) is 2.89. The Morgan fingerprint density at radius 2 is 1.93 bits per heavy atom. The van der Waals surface area contributed by atoms with Crippen LogP contribution >= 0.6 is 11.6 Å². The van der Waals surface area contributed by atoms with Crippen LogP contribution in [0.15, 0.2) is 18.3 Å². The third-order valence-electron chi connectivity index (χ3n) is 3.52. The number of amides is 1. The Morgan fingerprint density at radius 3 is 2.52 bits per heavy atom. The molecule has 1 amide bonds. The van der Waals surface area contributed by atoms with E-state index in [-0.39, 0.29) is 23.2 Å². The fourth-order valence-electron chi connectivity index (χ4n) is 2.37. The van der Waals surface area contributed by atoms with Crippen molar-refractivity contribution in [1.29, 1.82) is 0 Å². The maximum Gasteiger partial charge on any atom is 0.355 e. The van der Waals surface area contributed by atoms with Crippen molar-refractivity contribution in [2.75, 3.05) is 11.9 Å². The summed E-state index contributed by atoms with van der Waals surface area (Å²) in [4.78, 5) is 43.0. The van der Waals surface area contributed by atoms with Crippen LogP contribution in [0.3, 0.4) is 0 Å². The van der Waals surface area contributed by atoms with Gasteiger partial charge < -0.3 is 19.8 Å². The lowest BCUT2D eigenvalue weighted by atomic mass is 10.1. The van der Waals surface area contributed by atoms with Crippen LogP contribution in [0.2, 0.25) is 5.02 Å². The lowest BCUT2D eigenvalue weighted by Gasteiger charge is -2.08. The van der Waals surface area contributed by atoms with Gasteiger partial charge in [-0.15, -0.1) is 0 Å². The molecule has 0 saturated carbocycles. The molecule has 144 valence electrons. The molecule has 0 aliphatic heterocycles. The van der Waals surface area contributed by atoms with Gasteiger partial charge in [-0.1, -0.05) is 11.6 Å². The highest BCUT2D eigenvalue weighted by Gasteiger charge is 2.24. The molecule has 0 spiro atoms. The van der Waals surface area contributed by atoms with Crippen LogP contribution in [0.4, 0.5) is 5.82 Å². The molecular formula is C18H20ClN3O5.